The molecule has 5 heteroatoms. The Morgan fingerprint density at radius 3 is 2.88 bits per heavy atom. The van der Waals surface area contributed by atoms with Crippen LogP contribution in [0.25, 0.3) is 5.69 Å². The Morgan fingerprint density at radius 1 is 1.23 bits per heavy atom. The molecule has 1 atom stereocenters. The first-order chi connectivity index (χ1) is 12.8. The van der Waals surface area contributed by atoms with Crippen molar-refractivity contribution in [2.75, 3.05) is 19.7 Å². The van der Waals surface area contributed by atoms with E-state index in [1.807, 2.05) is 13.0 Å². The molecule has 5 nitrogen and oxygen atoms in total. The lowest BCUT2D eigenvalue weighted by atomic mass is 9.98. The van der Waals surface area contributed by atoms with E-state index in [1.54, 1.807) is 0 Å². The van der Waals surface area contributed by atoms with E-state index in [4.69, 9.17) is 9.84 Å². The standard InChI is InChI=1S/C21H27N3O2/c1-2-26-21(25)16-8-7-13-23(14-16)15-19-18-11-6-12-20(18)24(22-19)17-9-4-3-5-10-17/h3-5,9-10,16H,2,6-8,11-15H2,1H3/t16-/m1/s1. The van der Waals surface area contributed by atoms with Crippen LogP contribution in [0.1, 0.15) is 43.1 Å². The fourth-order valence-corrected chi connectivity index (χ4v) is 4.29. The second kappa shape index (κ2) is 7.62. The van der Waals surface area contributed by atoms with Crippen molar-refractivity contribution in [3.05, 3.63) is 47.3 Å². The van der Waals surface area contributed by atoms with E-state index in [-0.39, 0.29) is 11.9 Å². The Bertz CT molecular complexity index is 769. The second-order valence-corrected chi connectivity index (χ2v) is 7.30. The lowest BCUT2D eigenvalue weighted by Crippen LogP contribution is -2.39. The van der Waals surface area contributed by atoms with E-state index in [0.29, 0.717) is 6.61 Å². The summed E-state index contributed by atoms with van der Waals surface area (Å²) in [6.45, 7) is 4.98. The Hall–Kier alpha value is -2.14. The summed E-state index contributed by atoms with van der Waals surface area (Å²) < 4.78 is 7.36. The Labute approximate surface area is 154 Å². The number of carbonyl (C=O) groups excluding carboxylic acids is 1. The third-order valence-electron chi connectivity index (χ3n) is 5.51. The number of ether oxygens (including phenoxy) is 1. The van der Waals surface area contributed by atoms with Gasteiger partial charge in [-0.05, 0) is 63.3 Å². The molecular formula is C21H27N3O2. The van der Waals surface area contributed by atoms with Crippen molar-refractivity contribution in [1.82, 2.24) is 14.7 Å². The minimum atomic E-state index is -0.0442. The van der Waals surface area contributed by atoms with Crippen LogP contribution in [0, 0.1) is 5.92 Å². The Kier molecular flexibility index (Phi) is 5.07. The predicted octanol–water partition coefficient (Wildman–Crippen LogP) is 3.14. The van der Waals surface area contributed by atoms with Crippen molar-refractivity contribution in [1.29, 1.82) is 0 Å². The molecule has 4 rings (SSSR count). The molecule has 0 unspecified atom stereocenters. The molecule has 2 aromatic rings. The van der Waals surface area contributed by atoms with Crippen LogP contribution in [0.2, 0.25) is 0 Å². The fourth-order valence-electron chi connectivity index (χ4n) is 4.29. The number of likely N-dealkylation sites (tertiary alicyclic amines) is 1. The van der Waals surface area contributed by atoms with Gasteiger partial charge in [0.05, 0.1) is 23.9 Å². The summed E-state index contributed by atoms with van der Waals surface area (Å²) in [6.07, 6.45) is 5.41. The number of piperidine rings is 1. The van der Waals surface area contributed by atoms with E-state index in [1.165, 1.54) is 23.4 Å². The number of fused-ring (bicyclic) bond motifs is 1. The first-order valence-electron chi connectivity index (χ1n) is 9.80. The number of hydrogen-bond acceptors (Lipinski definition) is 4. The molecule has 0 amide bonds. The molecule has 1 aliphatic carbocycles. The van der Waals surface area contributed by atoms with Gasteiger partial charge >= 0.3 is 5.97 Å². The highest BCUT2D eigenvalue weighted by molar-refractivity contribution is 5.72. The molecule has 1 aliphatic heterocycles. The Balaban J connectivity index is 1.53. The number of aromatic nitrogens is 2. The molecule has 26 heavy (non-hydrogen) atoms. The highest BCUT2D eigenvalue weighted by Gasteiger charge is 2.29. The average Bonchev–Trinajstić information content (AvgIpc) is 3.27. The van der Waals surface area contributed by atoms with Crippen LogP contribution in [0.5, 0.6) is 0 Å². The molecule has 2 heterocycles. The third-order valence-corrected chi connectivity index (χ3v) is 5.51. The van der Waals surface area contributed by atoms with E-state index >= 15 is 0 Å². The minimum Gasteiger partial charge on any atom is -0.466 e. The highest BCUT2D eigenvalue weighted by Crippen LogP contribution is 2.29. The Morgan fingerprint density at radius 2 is 2.08 bits per heavy atom. The van der Waals surface area contributed by atoms with Gasteiger partial charge < -0.3 is 4.74 Å². The zero-order valence-corrected chi connectivity index (χ0v) is 15.5. The van der Waals surface area contributed by atoms with Crippen molar-refractivity contribution < 1.29 is 9.53 Å². The first-order valence-corrected chi connectivity index (χ1v) is 9.80. The summed E-state index contributed by atoms with van der Waals surface area (Å²) in [5, 5.41) is 4.96. The molecule has 0 N–H and O–H groups in total. The third kappa shape index (κ3) is 3.40. The lowest BCUT2D eigenvalue weighted by Gasteiger charge is -2.31. The highest BCUT2D eigenvalue weighted by atomic mass is 16.5. The molecule has 1 saturated heterocycles. The molecule has 138 valence electrons. The summed E-state index contributed by atoms with van der Waals surface area (Å²) >= 11 is 0. The topological polar surface area (TPSA) is 47.4 Å². The maximum absolute atomic E-state index is 12.1. The lowest BCUT2D eigenvalue weighted by molar-refractivity contribution is -0.150. The molecule has 1 aromatic carbocycles. The van der Waals surface area contributed by atoms with Gasteiger partial charge in [-0.3, -0.25) is 9.69 Å². The summed E-state index contributed by atoms with van der Waals surface area (Å²) in [5.74, 6) is -0.0369. The van der Waals surface area contributed by atoms with Crippen LogP contribution in [0.4, 0.5) is 0 Å². The number of esters is 1. The number of benzene rings is 1. The fraction of sp³-hybridized carbons (Fsp3) is 0.524. The van der Waals surface area contributed by atoms with Crippen LogP contribution < -0.4 is 0 Å². The van der Waals surface area contributed by atoms with E-state index in [0.717, 1.165) is 51.0 Å². The van der Waals surface area contributed by atoms with Gasteiger partial charge in [0.25, 0.3) is 0 Å². The van der Waals surface area contributed by atoms with Gasteiger partial charge in [0.15, 0.2) is 0 Å². The maximum Gasteiger partial charge on any atom is 0.310 e. The second-order valence-electron chi connectivity index (χ2n) is 7.30. The number of carbonyl (C=O) groups is 1. The van der Waals surface area contributed by atoms with Gasteiger partial charge in [0.1, 0.15) is 0 Å². The number of nitrogens with zero attached hydrogens (tertiary/aromatic N) is 3. The molecule has 0 bridgehead atoms. The van der Waals surface area contributed by atoms with Crippen molar-refractivity contribution in [2.24, 2.45) is 5.92 Å². The molecule has 1 fully saturated rings. The van der Waals surface area contributed by atoms with E-state index in [9.17, 15) is 4.79 Å². The van der Waals surface area contributed by atoms with Crippen molar-refractivity contribution >= 4 is 5.97 Å². The van der Waals surface area contributed by atoms with Crippen molar-refractivity contribution in [3.63, 3.8) is 0 Å². The molecular weight excluding hydrogens is 326 g/mol. The van der Waals surface area contributed by atoms with E-state index < -0.39 is 0 Å². The molecule has 0 radical (unpaired) electrons. The van der Waals surface area contributed by atoms with Crippen molar-refractivity contribution in [3.8, 4) is 5.69 Å². The zero-order chi connectivity index (χ0) is 17.9. The molecule has 0 saturated carbocycles. The predicted molar refractivity (Wildman–Crippen MR) is 100 cm³/mol. The van der Waals surface area contributed by atoms with Gasteiger partial charge in [-0.15, -0.1) is 0 Å². The number of para-hydroxylation sites is 1. The SMILES string of the molecule is CCOC(=O)[C@@H]1CCCN(Cc2nn(-c3ccccc3)c3c2CCC3)C1. The molecule has 0 spiro atoms. The van der Waals surface area contributed by atoms with Crippen LogP contribution in [0.15, 0.2) is 30.3 Å². The average molecular weight is 353 g/mol. The van der Waals surface area contributed by atoms with Crippen LogP contribution in [-0.2, 0) is 28.9 Å². The molecule has 2 aliphatic rings. The largest absolute Gasteiger partial charge is 0.466 e. The summed E-state index contributed by atoms with van der Waals surface area (Å²) in [5.41, 5.74) is 5.11. The van der Waals surface area contributed by atoms with Crippen LogP contribution in [-0.4, -0.2) is 40.3 Å². The summed E-state index contributed by atoms with van der Waals surface area (Å²) in [4.78, 5) is 14.5. The maximum atomic E-state index is 12.1. The number of hydrogen-bond donors (Lipinski definition) is 0. The minimum absolute atomic E-state index is 0.00737. The summed E-state index contributed by atoms with van der Waals surface area (Å²) in [7, 11) is 0. The van der Waals surface area contributed by atoms with Gasteiger partial charge in [0.2, 0.25) is 0 Å². The quantitative estimate of drug-likeness (QED) is 0.775. The van der Waals surface area contributed by atoms with Gasteiger partial charge in [-0.2, -0.15) is 5.10 Å². The van der Waals surface area contributed by atoms with E-state index in [2.05, 4.69) is 33.8 Å². The van der Waals surface area contributed by atoms with Crippen LogP contribution >= 0.6 is 0 Å². The summed E-state index contributed by atoms with van der Waals surface area (Å²) in [6, 6.07) is 10.4. The van der Waals surface area contributed by atoms with Gasteiger partial charge in [-0.25, -0.2) is 4.68 Å². The zero-order valence-electron chi connectivity index (χ0n) is 15.5. The van der Waals surface area contributed by atoms with Crippen LogP contribution in [0.3, 0.4) is 0 Å². The monoisotopic (exact) mass is 353 g/mol. The normalized spacial score (nSPS) is 20.1. The van der Waals surface area contributed by atoms with Crippen molar-refractivity contribution in [2.45, 2.75) is 45.6 Å². The molecule has 1 aromatic heterocycles. The van der Waals surface area contributed by atoms with Gasteiger partial charge in [0, 0.05) is 18.8 Å². The number of rotatable bonds is 5. The first kappa shape index (κ1) is 17.3. The van der Waals surface area contributed by atoms with Gasteiger partial charge in [-0.1, -0.05) is 18.2 Å². The smallest absolute Gasteiger partial charge is 0.310 e.